The first-order valence-electron chi connectivity index (χ1n) is 11.5. The van der Waals surface area contributed by atoms with Gasteiger partial charge in [0.05, 0.1) is 17.1 Å². The van der Waals surface area contributed by atoms with E-state index >= 15 is 0 Å². The van der Waals surface area contributed by atoms with E-state index in [0.717, 1.165) is 81.4 Å². The van der Waals surface area contributed by atoms with Crippen LogP contribution in [0.15, 0.2) is 24.5 Å². The zero-order chi connectivity index (χ0) is 21.4. The summed E-state index contributed by atoms with van der Waals surface area (Å²) in [5.41, 5.74) is 1.44. The van der Waals surface area contributed by atoms with Gasteiger partial charge in [-0.3, -0.25) is 9.69 Å². The van der Waals surface area contributed by atoms with E-state index in [2.05, 4.69) is 38.1 Å². The molecule has 7 nitrogen and oxygen atoms in total. The van der Waals surface area contributed by atoms with Crippen LogP contribution in [-0.4, -0.2) is 63.9 Å². The second-order valence-corrected chi connectivity index (χ2v) is 9.60. The molecule has 1 N–H and O–H groups in total. The van der Waals surface area contributed by atoms with Gasteiger partial charge in [-0.15, -0.1) is 0 Å². The molecule has 0 radical (unpaired) electrons. The Kier molecular flexibility index (Phi) is 5.27. The highest BCUT2D eigenvalue weighted by Crippen LogP contribution is 2.46. The Morgan fingerprint density at radius 2 is 1.87 bits per heavy atom. The quantitative estimate of drug-likeness (QED) is 0.821. The lowest BCUT2D eigenvalue weighted by molar-refractivity contribution is -0.138. The summed E-state index contributed by atoms with van der Waals surface area (Å²) >= 11 is 0. The van der Waals surface area contributed by atoms with Gasteiger partial charge in [0, 0.05) is 49.1 Å². The zero-order valence-electron chi connectivity index (χ0n) is 18.2. The summed E-state index contributed by atoms with van der Waals surface area (Å²) in [5.74, 6) is 1.20. The molecule has 0 atom stereocenters. The van der Waals surface area contributed by atoms with Crippen LogP contribution in [0.4, 0.5) is 5.82 Å². The number of nitriles is 1. The SMILES string of the molecule is CC1(C(=O)N2CCN([C@H]3CC[C@H](Nc4ncnc5ccc(C#N)cc45)CC3)CC2)CC1. The number of carbonyl (C=O) groups excluding carboxylic acids is 1. The van der Waals surface area contributed by atoms with Crippen LogP contribution in [-0.2, 0) is 4.79 Å². The normalized spacial score (nSPS) is 25.7. The van der Waals surface area contributed by atoms with Crippen molar-refractivity contribution < 1.29 is 4.79 Å². The molecular weight excluding hydrogens is 388 g/mol. The van der Waals surface area contributed by atoms with E-state index in [1.807, 2.05) is 12.1 Å². The summed E-state index contributed by atoms with van der Waals surface area (Å²) in [6.45, 7) is 5.86. The number of hydrogen-bond acceptors (Lipinski definition) is 6. The van der Waals surface area contributed by atoms with E-state index in [9.17, 15) is 10.1 Å². The van der Waals surface area contributed by atoms with Gasteiger partial charge in [0.1, 0.15) is 12.1 Å². The minimum absolute atomic E-state index is 0.0505. The van der Waals surface area contributed by atoms with Crippen molar-refractivity contribution in [3.8, 4) is 6.07 Å². The van der Waals surface area contributed by atoms with Gasteiger partial charge in [-0.25, -0.2) is 9.97 Å². The predicted octanol–water partition coefficient (Wildman–Crippen LogP) is 3.17. The second kappa shape index (κ2) is 8.08. The average Bonchev–Trinajstić information content (AvgIpc) is 3.57. The maximum atomic E-state index is 12.6. The van der Waals surface area contributed by atoms with Crippen molar-refractivity contribution in [2.45, 2.75) is 57.5 Å². The fraction of sp³-hybridized carbons (Fsp3) is 0.583. The molecule has 2 saturated carbocycles. The molecule has 2 aliphatic carbocycles. The van der Waals surface area contributed by atoms with Crippen LogP contribution in [0, 0.1) is 16.7 Å². The van der Waals surface area contributed by atoms with Crippen molar-refractivity contribution in [3.63, 3.8) is 0 Å². The van der Waals surface area contributed by atoms with Gasteiger partial charge in [-0.05, 0) is 56.7 Å². The highest BCUT2D eigenvalue weighted by atomic mass is 16.2. The van der Waals surface area contributed by atoms with Crippen LogP contribution >= 0.6 is 0 Å². The van der Waals surface area contributed by atoms with E-state index in [4.69, 9.17) is 0 Å². The first kappa shape index (κ1) is 20.2. The third-order valence-electron chi connectivity index (χ3n) is 7.44. The van der Waals surface area contributed by atoms with E-state index in [1.165, 1.54) is 0 Å². The Morgan fingerprint density at radius 1 is 1.13 bits per heavy atom. The molecule has 0 spiro atoms. The van der Waals surface area contributed by atoms with Gasteiger partial charge in [-0.1, -0.05) is 6.92 Å². The van der Waals surface area contributed by atoms with Crippen LogP contribution < -0.4 is 5.32 Å². The molecule has 1 saturated heterocycles. The lowest BCUT2D eigenvalue weighted by Gasteiger charge is -2.42. The molecule has 0 unspecified atom stereocenters. The number of anilines is 1. The number of hydrogen-bond donors (Lipinski definition) is 1. The number of piperazine rings is 1. The topological polar surface area (TPSA) is 85.2 Å². The first-order valence-corrected chi connectivity index (χ1v) is 11.5. The first-order chi connectivity index (χ1) is 15.1. The average molecular weight is 419 g/mol. The van der Waals surface area contributed by atoms with Crippen molar-refractivity contribution in [2.24, 2.45) is 5.41 Å². The van der Waals surface area contributed by atoms with Crippen LogP contribution in [0.5, 0.6) is 0 Å². The van der Waals surface area contributed by atoms with Crippen molar-refractivity contribution in [3.05, 3.63) is 30.1 Å². The van der Waals surface area contributed by atoms with Crippen LogP contribution in [0.1, 0.15) is 51.0 Å². The van der Waals surface area contributed by atoms with Crippen LogP contribution in [0.3, 0.4) is 0 Å². The molecule has 1 aromatic carbocycles. The lowest BCUT2D eigenvalue weighted by atomic mass is 9.89. The Labute approximate surface area is 183 Å². The highest BCUT2D eigenvalue weighted by Gasteiger charge is 2.47. The number of amides is 1. The predicted molar refractivity (Wildman–Crippen MR) is 119 cm³/mol. The monoisotopic (exact) mass is 418 g/mol. The highest BCUT2D eigenvalue weighted by molar-refractivity contribution is 5.90. The summed E-state index contributed by atoms with van der Waals surface area (Å²) < 4.78 is 0. The number of carbonyl (C=O) groups is 1. The number of aromatic nitrogens is 2. The van der Waals surface area contributed by atoms with Gasteiger partial charge >= 0.3 is 0 Å². The minimum Gasteiger partial charge on any atom is -0.367 e. The molecule has 31 heavy (non-hydrogen) atoms. The molecule has 3 fully saturated rings. The lowest BCUT2D eigenvalue weighted by Crippen LogP contribution is -2.54. The molecular formula is C24H30N6O. The molecule has 7 heteroatoms. The fourth-order valence-electron chi connectivity index (χ4n) is 5.09. The Hall–Kier alpha value is -2.72. The molecule has 1 aliphatic heterocycles. The van der Waals surface area contributed by atoms with E-state index in [1.54, 1.807) is 12.4 Å². The van der Waals surface area contributed by atoms with Crippen LogP contribution in [0.25, 0.3) is 10.9 Å². The summed E-state index contributed by atoms with van der Waals surface area (Å²) in [7, 11) is 0. The molecule has 3 aliphatic rings. The molecule has 2 heterocycles. The Bertz CT molecular complexity index is 1010. The third-order valence-corrected chi connectivity index (χ3v) is 7.44. The Balaban J connectivity index is 1.15. The van der Waals surface area contributed by atoms with E-state index in [-0.39, 0.29) is 5.41 Å². The maximum Gasteiger partial charge on any atom is 0.228 e. The molecule has 5 rings (SSSR count). The summed E-state index contributed by atoms with van der Waals surface area (Å²) in [6.07, 6.45) is 8.23. The van der Waals surface area contributed by atoms with Crippen molar-refractivity contribution in [1.29, 1.82) is 5.26 Å². The maximum absolute atomic E-state index is 12.6. The van der Waals surface area contributed by atoms with Gasteiger partial charge in [-0.2, -0.15) is 5.26 Å². The number of fused-ring (bicyclic) bond motifs is 1. The Morgan fingerprint density at radius 3 is 2.55 bits per heavy atom. The summed E-state index contributed by atoms with van der Waals surface area (Å²) in [4.78, 5) is 26.0. The number of nitrogens with zero attached hydrogens (tertiary/aromatic N) is 5. The molecule has 1 aromatic heterocycles. The molecule has 162 valence electrons. The number of benzene rings is 1. The van der Waals surface area contributed by atoms with Gasteiger partial charge < -0.3 is 10.2 Å². The molecule has 0 bridgehead atoms. The van der Waals surface area contributed by atoms with Crippen molar-refractivity contribution >= 4 is 22.6 Å². The summed E-state index contributed by atoms with van der Waals surface area (Å²) in [6, 6.07) is 8.74. The summed E-state index contributed by atoms with van der Waals surface area (Å²) in [5, 5.41) is 13.7. The zero-order valence-corrected chi connectivity index (χ0v) is 18.2. The van der Waals surface area contributed by atoms with Crippen molar-refractivity contribution in [1.82, 2.24) is 19.8 Å². The number of rotatable bonds is 4. The smallest absolute Gasteiger partial charge is 0.228 e. The third kappa shape index (κ3) is 4.09. The van der Waals surface area contributed by atoms with Gasteiger partial charge in [0.15, 0.2) is 0 Å². The van der Waals surface area contributed by atoms with Gasteiger partial charge in [0.25, 0.3) is 0 Å². The van der Waals surface area contributed by atoms with E-state index in [0.29, 0.717) is 23.6 Å². The largest absolute Gasteiger partial charge is 0.367 e. The minimum atomic E-state index is -0.0505. The number of nitrogens with one attached hydrogen (secondary N) is 1. The standard InChI is InChI=1S/C24H30N6O/c1-24(8-9-24)23(31)30-12-10-29(11-13-30)19-5-3-18(4-6-19)28-22-20-14-17(15-25)2-7-21(20)26-16-27-22/h2,7,14,16,18-19H,3-6,8-13H2,1H3,(H,26,27,28)/t18-,19-. The van der Waals surface area contributed by atoms with Crippen molar-refractivity contribution in [2.75, 3.05) is 31.5 Å². The van der Waals surface area contributed by atoms with Gasteiger partial charge in [0.2, 0.25) is 5.91 Å². The molecule has 2 aromatic rings. The molecule has 1 amide bonds. The van der Waals surface area contributed by atoms with Crippen LogP contribution in [0.2, 0.25) is 0 Å². The second-order valence-electron chi connectivity index (χ2n) is 9.60. The fourth-order valence-corrected chi connectivity index (χ4v) is 5.09. The van der Waals surface area contributed by atoms with E-state index < -0.39 is 0 Å².